The molecule has 0 aliphatic carbocycles. The van der Waals surface area contributed by atoms with E-state index in [1.807, 2.05) is 0 Å². The molecule has 2 N–H and O–H groups in total. The van der Waals surface area contributed by atoms with Crippen LogP contribution in [0, 0.1) is 0 Å². The van der Waals surface area contributed by atoms with Crippen LogP contribution in [0.15, 0.2) is 53.4 Å². The van der Waals surface area contributed by atoms with Crippen LogP contribution in [0.3, 0.4) is 0 Å². The zero-order valence-electron chi connectivity index (χ0n) is 16.6. The maximum atomic E-state index is 12.4. The number of anilines is 1. The topological polar surface area (TPSA) is 93.7 Å². The van der Waals surface area contributed by atoms with Gasteiger partial charge in [0, 0.05) is 11.2 Å². The first kappa shape index (κ1) is 21.7. The quantitative estimate of drug-likeness (QED) is 0.737. The van der Waals surface area contributed by atoms with Gasteiger partial charge in [0.2, 0.25) is 10.0 Å². The summed E-state index contributed by atoms with van der Waals surface area (Å²) in [6.45, 7) is 6.92. The van der Waals surface area contributed by atoms with Gasteiger partial charge in [0.15, 0.2) is 17.6 Å². The molecule has 7 nitrogen and oxygen atoms in total. The van der Waals surface area contributed by atoms with E-state index in [2.05, 4.69) is 10.0 Å². The van der Waals surface area contributed by atoms with Crippen LogP contribution in [0.1, 0.15) is 27.7 Å². The summed E-state index contributed by atoms with van der Waals surface area (Å²) in [5, 5.41) is 2.71. The molecule has 8 heteroatoms. The van der Waals surface area contributed by atoms with Crippen molar-refractivity contribution in [2.45, 2.75) is 44.2 Å². The maximum Gasteiger partial charge on any atom is 0.265 e. The smallest absolute Gasteiger partial charge is 0.265 e. The van der Waals surface area contributed by atoms with Gasteiger partial charge in [-0.15, -0.1) is 0 Å². The van der Waals surface area contributed by atoms with Gasteiger partial charge in [-0.2, -0.15) is 0 Å². The van der Waals surface area contributed by atoms with Gasteiger partial charge >= 0.3 is 0 Å². The van der Waals surface area contributed by atoms with Crippen molar-refractivity contribution in [3.05, 3.63) is 48.5 Å². The average molecular weight is 407 g/mol. The third kappa shape index (κ3) is 5.97. The molecule has 0 radical (unpaired) electrons. The molecule has 0 aliphatic heterocycles. The summed E-state index contributed by atoms with van der Waals surface area (Å²) < 4.78 is 38.1. The van der Waals surface area contributed by atoms with Gasteiger partial charge in [0.1, 0.15) is 0 Å². The van der Waals surface area contributed by atoms with Crippen molar-refractivity contribution in [2.75, 3.05) is 12.4 Å². The zero-order valence-corrected chi connectivity index (χ0v) is 17.5. The molecule has 0 saturated heterocycles. The van der Waals surface area contributed by atoms with E-state index in [9.17, 15) is 13.2 Å². The Hall–Kier alpha value is -2.58. The number of methoxy groups -OCH3 is 1. The van der Waals surface area contributed by atoms with E-state index in [1.165, 1.54) is 31.4 Å². The summed E-state index contributed by atoms with van der Waals surface area (Å²) >= 11 is 0. The molecule has 1 amide bonds. The van der Waals surface area contributed by atoms with Crippen molar-refractivity contribution in [3.8, 4) is 11.5 Å². The molecule has 152 valence electrons. The van der Waals surface area contributed by atoms with Crippen LogP contribution < -0.4 is 19.5 Å². The third-order valence-corrected chi connectivity index (χ3v) is 5.39. The highest BCUT2D eigenvalue weighted by Crippen LogP contribution is 2.27. The van der Waals surface area contributed by atoms with E-state index in [-0.39, 0.29) is 10.8 Å². The van der Waals surface area contributed by atoms with Gasteiger partial charge in [0.25, 0.3) is 5.91 Å². The van der Waals surface area contributed by atoms with E-state index in [0.717, 1.165) is 0 Å². The lowest BCUT2D eigenvalue weighted by molar-refractivity contribution is -0.122. The number of hydrogen-bond donors (Lipinski definition) is 2. The van der Waals surface area contributed by atoms with Crippen LogP contribution in [-0.2, 0) is 14.8 Å². The predicted molar refractivity (Wildman–Crippen MR) is 108 cm³/mol. The van der Waals surface area contributed by atoms with Gasteiger partial charge < -0.3 is 14.8 Å². The number of carbonyl (C=O) groups is 1. The molecule has 0 bridgehead atoms. The highest BCUT2D eigenvalue weighted by atomic mass is 32.2. The number of rotatable bonds is 7. The Morgan fingerprint density at radius 3 is 2.11 bits per heavy atom. The van der Waals surface area contributed by atoms with Crippen LogP contribution in [0.2, 0.25) is 0 Å². The SMILES string of the molecule is COc1ccccc1OC(C)C(=O)Nc1ccc(S(=O)(=O)NC(C)(C)C)cc1. The van der Waals surface area contributed by atoms with Gasteiger partial charge in [-0.3, -0.25) is 4.79 Å². The Morgan fingerprint density at radius 1 is 1.00 bits per heavy atom. The van der Waals surface area contributed by atoms with Crippen molar-refractivity contribution in [1.82, 2.24) is 4.72 Å². The second kappa shape index (κ2) is 8.62. The number of nitrogens with one attached hydrogen (secondary N) is 2. The molecule has 2 aromatic carbocycles. The third-order valence-electron chi connectivity index (χ3n) is 3.61. The summed E-state index contributed by atoms with van der Waals surface area (Å²) in [4.78, 5) is 12.5. The molecule has 2 rings (SSSR count). The molecule has 0 fully saturated rings. The lowest BCUT2D eigenvalue weighted by atomic mass is 10.1. The number of benzene rings is 2. The Balaban J connectivity index is 2.04. The second-order valence-electron chi connectivity index (χ2n) is 7.28. The molecular formula is C20H26N2O5S. The predicted octanol–water partition coefficient (Wildman–Crippen LogP) is 3.18. The standard InChI is InChI=1S/C20H26N2O5S/c1-14(27-18-9-7-6-8-17(18)26-5)19(23)21-15-10-12-16(13-11-15)28(24,25)22-20(2,3)4/h6-14,22H,1-5H3,(H,21,23). The minimum atomic E-state index is -3.63. The lowest BCUT2D eigenvalue weighted by Crippen LogP contribution is -2.40. The van der Waals surface area contributed by atoms with E-state index in [0.29, 0.717) is 17.2 Å². The molecule has 2 aromatic rings. The Morgan fingerprint density at radius 2 is 1.57 bits per heavy atom. The van der Waals surface area contributed by atoms with Gasteiger partial charge in [-0.05, 0) is 64.1 Å². The average Bonchev–Trinajstić information content (AvgIpc) is 2.60. The number of sulfonamides is 1. The number of carbonyl (C=O) groups excluding carboxylic acids is 1. The fraction of sp³-hybridized carbons (Fsp3) is 0.350. The Kier molecular flexibility index (Phi) is 6.69. The minimum absolute atomic E-state index is 0.124. The number of hydrogen-bond acceptors (Lipinski definition) is 5. The first-order valence-electron chi connectivity index (χ1n) is 8.76. The molecule has 0 heterocycles. The summed E-state index contributed by atoms with van der Waals surface area (Å²) in [7, 11) is -2.10. The summed E-state index contributed by atoms with van der Waals surface area (Å²) in [5.41, 5.74) is -0.119. The van der Waals surface area contributed by atoms with Crippen molar-refractivity contribution >= 4 is 21.6 Å². The highest BCUT2D eigenvalue weighted by Gasteiger charge is 2.22. The van der Waals surface area contributed by atoms with Crippen LogP contribution in [-0.4, -0.2) is 33.1 Å². The largest absolute Gasteiger partial charge is 0.493 e. The van der Waals surface area contributed by atoms with E-state index >= 15 is 0 Å². The van der Waals surface area contributed by atoms with Gasteiger partial charge in [-0.1, -0.05) is 12.1 Å². The van der Waals surface area contributed by atoms with Gasteiger partial charge in [-0.25, -0.2) is 13.1 Å². The van der Waals surface area contributed by atoms with Crippen molar-refractivity contribution in [3.63, 3.8) is 0 Å². The molecule has 0 aliphatic rings. The maximum absolute atomic E-state index is 12.4. The molecule has 1 atom stereocenters. The van der Waals surface area contributed by atoms with Crippen LogP contribution in [0.25, 0.3) is 0 Å². The second-order valence-corrected chi connectivity index (χ2v) is 8.96. The molecule has 28 heavy (non-hydrogen) atoms. The zero-order chi connectivity index (χ0) is 20.9. The molecular weight excluding hydrogens is 380 g/mol. The van der Waals surface area contributed by atoms with Gasteiger partial charge in [0.05, 0.1) is 12.0 Å². The van der Waals surface area contributed by atoms with Crippen LogP contribution >= 0.6 is 0 Å². The molecule has 1 unspecified atom stereocenters. The number of ether oxygens (including phenoxy) is 2. The lowest BCUT2D eigenvalue weighted by Gasteiger charge is -2.20. The Labute approximate surface area is 166 Å². The number of amides is 1. The van der Waals surface area contributed by atoms with Crippen molar-refractivity contribution in [2.24, 2.45) is 0 Å². The summed E-state index contributed by atoms with van der Waals surface area (Å²) in [6.07, 6.45) is -0.776. The van der Waals surface area contributed by atoms with E-state index in [4.69, 9.17) is 9.47 Å². The van der Waals surface area contributed by atoms with E-state index in [1.54, 1.807) is 52.0 Å². The fourth-order valence-corrected chi connectivity index (χ4v) is 3.80. The first-order valence-corrected chi connectivity index (χ1v) is 10.2. The summed E-state index contributed by atoms with van der Waals surface area (Å²) in [5.74, 6) is 0.625. The molecule has 0 spiro atoms. The minimum Gasteiger partial charge on any atom is -0.493 e. The molecule has 0 aromatic heterocycles. The van der Waals surface area contributed by atoms with E-state index < -0.39 is 21.7 Å². The fourth-order valence-electron chi connectivity index (χ4n) is 2.38. The van der Waals surface area contributed by atoms with Crippen LogP contribution in [0.4, 0.5) is 5.69 Å². The molecule has 0 saturated carbocycles. The number of para-hydroxylation sites is 2. The first-order chi connectivity index (χ1) is 13.0. The monoisotopic (exact) mass is 406 g/mol. The van der Waals surface area contributed by atoms with Crippen molar-refractivity contribution < 1.29 is 22.7 Å². The highest BCUT2D eigenvalue weighted by molar-refractivity contribution is 7.89. The van der Waals surface area contributed by atoms with Crippen molar-refractivity contribution in [1.29, 1.82) is 0 Å². The summed E-state index contributed by atoms with van der Waals surface area (Å²) in [6, 6.07) is 13.0. The Bertz CT molecular complexity index is 918. The van der Waals surface area contributed by atoms with Crippen LogP contribution in [0.5, 0.6) is 11.5 Å². The normalized spacial score (nSPS) is 12.9.